The Balaban J connectivity index is 2.28. The first-order valence-electron chi connectivity index (χ1n) is 6.06. The lowest BCUT2D eigenvalue weighted by atomic mass is 10.1. The van der Waals surface area contributed by atoms with Gasteiger partial charge in [0.2, 0.25) is 0 Å². The number of carbonyl (C=O) groups excluding carboxylic acids is 1. The van der Waals surface area contributed by atoms with Crippen LogP contribution in [0.2, 0.25) is 5.02 Å². The van der Waals surface area contributed by atoms with Crippen molar-refractivity contribution in [3.05, 3.63) is 63.7 Å². The summed E-state index contributed by atoms with van der Waals surface area (Å²) in [6.07, 6.45) is 0. The molecule has 21 heavy (non-hydrogen) atoms. The van der Waals surface area contributed by atoms with Crippen molar-refractivity contribution >= 4 is 23.2 Å². The van der Waals surface area contributed by atoms with E-state index in [1.807, 2.05) is 19.1 Å². The maximum atomic E-state index is 12.2. The summed E-state index contributed by atoms with van der Waals surface area (Å²) in [5, 5.41) is 21.0. The van der Waals surface area contributed by atoms with Crippen LogP contribution in [0.3, 0.4) is 0 Å². The van der Waals surface area contributed by atoms with Crippen molar-refractivity contribution in [2.75, 3.05) is 5.32 Å². The number of aryl methyl sites for hydroxylation is 1. The summed E-state index contributed by atoms with van der Waals surface area (Å²) in [5.41, 5.74) is 2.26. The Kier molecular flexibility index (Phi) is 4.23. The van der Waals surface area contributed by atoms with E-state index in [1.54, 1.807) is 24.3 Å². The van der Waals surface area contributed by atoms with E-state index in [1.165, 1.54) is 12.1 Å². The van der Waals surface area contributed by atoms with Crippen LogP contribution in [0.1, 0.15) is 27.0 Å². The number of nitriles is 2. The Labute approximate surface area is 127 Å². The standard InChI is InChI=1S/C16H10ClN3O/c1-10-4-12(6-14(17)5-10)16(21)20-15-3-2-11(8-18)13(7-15)9-19/h2-7H,1H3,(H,20,21). The Morgan fingerprint density at radius 2 is 1.81 bits per heavy atom. The van der Waals surface area contributed by atoms with Gasteiger partial charge in [-0.05, 0) is 48.9 Å². The van der Waals surface area contributed by atoms with Crippen molar-refractivity contribution in [2.24, 2.45) is 0 Å². The summed E-state index contributed by atoms with van der Waals surface area (Å²) in [6.45, 7) is 1.85. The van der Waals surface area contributed by atoms with Gasteiger partial charge in [0.05, 0.1) is 11.1 Å². The molecule has 5 heteroatoms. The van der Waals surface area contributed by atoms with Gasteiger partial charge in [0.25, 0.3) is 5.91 Å². The van der Waals surface area contributed by atoms with E-state index in [9.17, 15) is 4.79 Å². The molecule has 0 aromatic heterocycles. The highest BCUT2D eigenvalue weighted by Crippen LogP contribution is 2.18. The Hall–Kier alpha value is -2.82. The molecule has 0 atom stereocenters. The number of benzene rings is 2. The molecule has 2 aromatic carbocycles. The third-order valence-corrected chi connectivity index (χ3v) is 3.04. The van der Waals surface area contributed by atoms with Gasteiger partial charge < -0.3 is 5.32 Å². The number of nitrogens with zero attached hydrogens (tertiary/aromatic N) is 2. The third-order valence-electron chi connectivity index (χ3n) is 2.82. The fourth-order valence-electron chi connectivity index (χ4n) is 1.88. The van der Waals surface area contributed by atoms with Gasteiger partial charge in [-0.3, -0.25) is 4.79 Å². The number of carbonyl (C=O) groups is 1. The van der Waals surface area contributed by atoms with Gasteiger partial charge in [0, 0.05) is 16.3 Å². The van der Waals surface area contributed by atoms with Gasteiger partial charge in [-0.1, -0.05) is 11.6 Å². The fourth-order valence-corrected chi connectivity index (χ4v) is 2.17. The molecule has 102 valence electrons. The molecule has 2 aromatic rings. The van der Waals surface area contributed by atoms with Crippen LogP contribution >= 0.6 is 11.6 Å². The molecule has 0 radical (unpaired) electrons. The lowest BCUT2D eigenvalue weighted by Gasteiger charge is -2.07. The molecule has 0 fully saturated rings. The molecule has 0 unspecified atom stereocenters. The molecule has 4 nitrogen and oxygen atoms in total. The van der Waals surface area contributed by atoms with Gasteiger partial charge in [0.1, 0.15) is 12.1 Å². The number of anilines is 1. The van der Waals surface area contributed by atoms with Crippen LogP contribution in [0.5, 0.6) is 0 Å². The number of nitrogens with one attached hydrogen (secondary N) is 1. The van der Waals surface area contributed by atoms with Crippen molar-refractivity contribution in [3.63, 3.8) is 0 Å². The Morgan fingerprint density at radius 3 is 2.43 bits per heavy atom. The maximum absolute atomic E-state index is 12.2. The van der Waals surface area contributed by atoms with E-state index in [0.29, 0.717) is 16.3 Å². The zero-order valence-corrected chi connectivity index (χ0v) is 11.9. The Bertz CT molecular complexity index is 780. The zero-order valence-electron chi connectivity index (χ0n) is 11.1. The number of rotatable bonds is 2. The molecule has 0 aliphatic heterocycles. The summed E-state index contributed by atoms with van der Waals surface area (Å²) < 4.78 is 0. The minimum absolute atomic E-state index is 0.220. The molecule has 0 spiro atoms. The van der Waals surface area contributed by atoms with Crippen LogP contribution in [0.4, 0.5) is 5.69 Å². The molecule has 1 N–H and O–H groups in total. The molecular weight excluding hydrogens is 286 g/mol. The molecule has 2 rings (SSSR count). The second kappa shape index (κ2) is 6.09. The molecule has 0 saturated heterocycles. The number of halogens is 1. The second-order valence-electron chi connectivity index (χ2n) is 4.46. The van der Waals surface area contributed by atoms with E-state index in [0.717, 1.165) is 5.56 Å². The summed E-state index contributed by atoms with van der Waals surface area (Å²) in [5.74, 6) is -0.325. The number of hydrogen-bond donors (Lipinski definition) is 1. The first-order valence-corrected chi connectivity index (χ1v) is 6.44. The van der Waals surface area contributed by atoms with Gasteiger partial charge in [0.15, 0.2) is 0 Å². The first kappa shape index (κ1) is 14.6. The lowest BCUT2D eigenvalue weighted by molar-refractivity contribution is 0.102. The van der Waals surface area contributed by atoms with Crippen molar-refractivity contribution in [3.8, 4) is 12.1 Å². The van der Waals surface area contributed by atoms with E-state index >= 15 is 0 Å². The summed E-state index contributed by atoms with van der Waals surface area (Å²) in [7, 11) is 0. The van der Waals surface area contributed by atoms with Gasteiger partial charge in [-0.25, -0.2) is 0 Å². The molecule has 0 aliphatic rings. The number of amides is 1. The van der Waals surface area contributed by atoms with Crippen LogP contribution in [0, 0.1) is 29.6 Å². The van der Waals surface area contributed by atoms with Crippen LogP contribution in [0.15, 0.2) is 36.4 Å². The van der Waals surface area contributed by atoms with Gasteiger partial charge >= 0.3 is 0 Å². The highest BCUT2D eigenvalue weighted by Gasteiger charge is 2.09. The molecule has 0 bridgehead atoms. The largest absolute Gasteiger partial charge is 0.322 e. The maximum Gasteiger partial charge on any atom is 0.255 e. The van der Waals surface area contributed by atoms with E-state index < -0.39 is 0 Å². The topological polar surface area (TPSA) is 76.7 Å². The summed E-state index contributed by atoms with van der Waals surface area (Å²) in [6, 6.07) is 13.4. The Morgan fingerprint density at radius 1 is 1.10 bits per heavy atom. The molecule has 0 saturated carbocycles. The van der Waals surface area contributed by atoms with E-state index in [2.05, 4.69) is 5.32 Å². The van der Waals surface area contributed by atoms with Crippen molar-refractivity contribution < 1.29 is 4.79 Å². The van der Waals surface area contributed by atoms with Gasteiger partial charge in [-0.2, -0.15) is 10.5 Å². The SMILES string of the molecule is Cc1cc(Cl)cc(C(=O)Nc2ccc(C#N)c(C#N)c2)c1. The molecule has 0 heterocycles. The normalized spacial score (nSPS) is 9.52. The quantitative estimate of drug-likeness (QED) is 0.918. The van der Waals surface area contributed by atoms with Crippen molar-refractivity contribution in [2.45, 2.75) is 6.92 Å². The van der Waals surface area contributed by atoms with Gasteiger partial charge in [-0.15, -0.1) is 0 Å². The van der Waals surface area contributed by atoms with Crippen molar-refractivity contribution in [1.82, 2.24) is 0 Å². The molecule has 1 amide bonds. The second-order valence-corrected chi connectivity index (χ2v) is 4.89. The summed E-state index contributed by atoms with van der Waals surface area (Å²) >= 11 is 5.93. The lowest BCUT2D eigenvalue weighted by Crippen LogP contribution is -2.12. The average Bonchev–Trinajstić information content (AvgIpc) is 2.46. The van der Waals surface area contributed by atoms with E-state index in [-0.39, 0.29) is 17.0 Å². The minimum Gasteiger partial charge on any atom is -0.322 e. The molecular formula is C16H10ClN3O. The van der Waals surface area contributed by atoms with E-state index in [4.69, 9.17) is 22.1 Å². The first-order chi connectivity index (χ1) is 10.0. The predicted octanol–water partition coefficient (Wildman–Crippen LogP) is 3.64. The summed E-state index contributed by atoms with van der Waals surface area (Å²) in [4.78, 5) is 12.2. The minimum atomic E-state index is -0.325. The average molecular weight is 296 g/mol. The number of hydrogen-bond acceptors (Lipinski definition) is 3. The van der Waals surface area contributed by atoms with Crippen LogP contribution in [-0.4, -0.2) is 5.91 Å². The van der Waals surface area contributed by atoms with Crippen LogP contribution in [-0.2, 0) is 0 Å². The smallest absolute Gasteiger partial charge is 0.255 e. The predicted molar refractivity (Wildman–Crippen MR) is 80.0 cm³/mol. The molecule has 0 aliphatic carbocycles. The fraction of sp³-hybridized carbons (Fsp3) is 0.0625. The zero-order chi connectivity index (χ0) is 15.4. The third kappa shape index (κ3) is 3.39. The highest BCUT2D eigenvalue weighted by molar-refractivity contribution is 6.31. The van der Waals surface area contributed by atoms with Crippen LogP contribution < -0.4 is 5.32 Å². The highest BCUT2D eigenvalue weighted by atomic mass is 35.5. The van der Waals surface area contributed by atoms with Crippen LogP contribution in [0.25, 0.3) is 0 Å². The monoisotopic (exact) mass is 295 g/mol. The van der Waals surface area contributed by atoms with Crippen molar-refractivity contribution in [1.29, 1.82) is 10.5 Å².